The summed E-state index contributed by atoms with van der Waals surface area (Å²) in [4.78, 5) is 12.1. The maximum absolute atomic E-state index is 13.1. The van der Waals surface area contributed by atoms with Crippen LogP contribution in [0.5, 0.6) is 11.6 Å². The number of pyridine rings is 1. The van der Waals surface area contributed by atoms with Crippen molar-refractivity contribution in [1.29, 1.82) is 0 Å². The first-order valence-electron chi connectivity index (χ1n) is 9.34. The van der Waals surface area contributed by atoms with E-state index in [1.165, 1.54) is 30.5 Å². The third kappa shape index (κ3) is 5.17. The molecule has 0 spiro atoms. The average molecular weight is 450 g/mol. The van der Waals surface area contributed by atoms with Crippen LogP contribution in [0.15, 0.2) is 59.8 Å². The van der Waals surface area contributed by atoms with Crippen molar-refractivity contribution in [3.63, 3.8) is 0 Å². The van der Waals surface area contributed by atoms with Gasteiger partial charge in [0.25, 0.3) is 0 Å². The largest absolute Gasteiger partial charge is 0.438 e. The molecule has 0 radical (unpaired) electrons. The Labute approximate surface area is 176 Å². The number of halogens is 3. The van der Waals surface area contributed by atoms with Crippen LogP contribution >= 0.6 is 0 Å². The second-order valence-corrected chi connectivity index (χ2v) is 8.70. The topological polar surface area (TPSA) is 94.1 Å². The lowest BCUT2D eigenvalue weighted by Gasteiger charge is -2.12. The molecule has 0 aliphatic heterocycles. The standard InChI is InChI=1S/C20H17F3N4O3S/c21-20(22,23)17-2-1-10-25-19(17)30-15-5-7-16(8-6-15)31(28,29)26-12-14-9-11-24-18(27-14)13-3-4-13/h1-2,5-11,13,26H,3-4,12H2. The van der Waals surface area contributed by atoms with Gasteiger partial charge in [0.15, 0.2) is 0 Å². The van der Waals surface area contributed by atoms with Crippen LogP contribution in [0.25, 0.3) is 0 Å². The molecule has 1 N–H and O–H groups in total. The Hall–Kier alpha value is -3.05. The zero-order valence-electron chi connectivity index (χ0n) is 16.0. The van der Waals surface area contributed by atoms with Crippen LogP contribution in [0, 0.1) is 0 Å². The monoisotopic (exact) mass is 450 g/mol. The van der Waals surface area contributed by atoms with Crippen molar-refractivity contribution in [3.8, 4) is 11.6 Å². The van der Waals surface area contributed by atoms with Crippen LogP contribution in [0.4, 0.5) is 13.2 Å². The Morgan fingerprint density at radius 2 is 1.77 bits per heavy atom. The molecule has 1 aliphatic carbocycles. The van der Waals surface area contributed by atoms with E-state index < -0.39 is 27.6 Å². The number of alkyl halides is 3. The van der Waals surface area contributed by atoms with Gasteiger partial charge in [-0.25, -0.2) is 28.1 Å². The smallest absolute Gasteiger partial charge is 0.421 e. The molecule has 2 aromatic heterocycles. The minimum Gasteiger partial charge on any atom is -0.438 e. The summed E-state index contributed by atoms with van der Waals surface area (Å²) >= 11 is 0. The Balaban J connectivity index is 1.44. The summed E-state index contributed by atoms with van der Waals surface area (Å²) < 4.78 is 71.9. The Morgan fingerprint density at radius 3 is 2.45 bits per heavy atom. The van der Waals surface area contributed by atoms with Crippen molar-refractivity contribution >= 4 is 10.0 Å². The molecule has 0 saturated heterocycles. The molecule has 0 bridgehead atoms. The SMILES string of the molecule is O=S(=O)(NCc1ccnc(C2CC2)n1)c1ccc(Oc2ncccc2C(F)(F)F)cc1. The summed E-state index contributed by atoms with van der Waals surface area (Å²) in [5.74, 6) is 0.471. The number of hydrogen-bond acceptors (Lipinski definition) is 6. The van der Waals surface area contributed by atoms with E-state index in [0.29, 0.717) is 17.4 Å². The summed E-state index contributed by atoms with van der Waals surface area (Å²) in [6.07, 6.45) is 0.217. The number of benzene rings is 1. The van der Waals surface area contributed by atoms with E-state index in [1.807, 2.05) is 0 Å². The molecule has 7 nitrogen and oxygen atoms in total. The van der Waals surface area contributed by atoms with Crippen molar-refractivity contribution in [1.82, 2.24) is 19.7 Å². The maximum Gasteiger partial charge on any atom is 0.421 e. The molecule has 1 fully saturated rings. The number of ether oxygens (including phenoxy) is 1. The zero-order chi connectivity index (χ0) is 22.1. The van der Waals surface area contributed by atoms with Crippen LogP contribution in [0.2, 0.25) is 0 Å². The van der Waals surface area contributed by atoms with E-state index in [1.54, 1.807) is 12.3 Å². The molecule has 2 heterocycles. The third-order valence-electron chi connectivity index (χ3n) is 4.54. The number of nitrogens with zero attached hydrogens (tertiary/aromatic N) is 3. The molecule has 1 saturated carbocycles. The summed E-state index contributed by atoms with van der Waals surface area (Å²) in [6.45, 7) is -0.00823. The van der Waals surface area contributed by atoms with Gasteiger partial charge in [0.2, 0.25) is 15.9 Å². The number of nitrogens with one attached hydrogen (secondary N) is 1. The Bertz CT molecular complexity index is 1180. The van der Waals surface area contributed by atoms with Crippen LogP contribution in [-0.2, 0) is 22.7 Å². The first-order valence-corrected chi connectivity index (χ1v) is 10.8. The molecule has 1 aromatic carbocycles. The van der Waals surface area contributed by atoms with E-state index in [2.05, 4.69) is 19.7 Å². The molecule has 0 amide bonds. The summed E-state index contributed by atoms with van der Waals surface area (Å²) in [5, 5.41) is 0. The molecule has 11 heteroatoms. The van der Waals surface area contributed by atoms with Gasteiger partial charge in [-0.1, -0.05) is 0 Å². The number of rotatable bonds is 7. The van der Waals surface area contributed by atoms with Crippen molar-refractivity contribution in [2.45, 2.75) is 36.4 Å². The van der Waals surface area contributed by atoms with Crippen LogP contribution in [0.1, 0.15) is 35.8 Å². The van der Waals surface area contributed by atoms with Crippen LogP contribution < -0.4 is 9.46 Å². The molecule has 0 atom stereocenters. The van der Waals surface area contributed by atoms with Gasteiger partial charge in [-0.3, -0.25) is 0 Å². The highest BCUT2D eigenvalue weighted by molar-refractivity contribution is 7.89. The van der Waals surface area contributed by atoms with Crippen molar-refractivity contribution in [3.05, 3.63) is 71.9 Å². The van der Waals surface area contributed by atoms with E-state index in [-0.39, 0.29) is 17.2 Å². The summed E-state index contributed by atoms with van der Waals surface area (Å²) in [5.41, 5.74) is -0.473. The van der Waals surface area contributed by atoms with Gasteiger partial charge < -0.3 is 4.74 Å². The quantitative estimate of drug-likeness (QED) is 0.584. The van der Waals surface area contributed by atoms with E-state index in [9.17, 15) is 21.6 Å². The fourth-order valence-corrected chi connectivity index (χ4v) is 3.79. The summed E-state index contributed by atoms with van der Waals surface area (Å²) in [7, 11) is -3.86. The first-order chi connectivity index (χ1) is 14.7. The maximum atomic E-state index is 13.1. The minimum absolute atomic E-state index is 0.00823. The van der Waals surface area contributed by atoms with Gasteiger partial charge in [0, 0.05) is 18.3 Å². The normalized spacial score (nSPS) is 14.4. The summed E-state index contributed by atoms with van der Waals surface area (Å²) in [6, 6.07) is 8.65. The predicted molar refractivity (Wildman–Crippen MR) is 104 cm³/mol. The lowest BCUT2D eigenvalue weighted by molar-refractivity contribution is -0.138. The van der Waals surface area contributed by atoms with Gasteiger partial charge in [-0.15, -0.1) is 0 Å². The van der Waals surface area contributed by atoms with Gasteiger partial charge in [-0.05, 0) is 55.3 Å². The molecular formula is C20H17F3N4O3S. The Morgan fingerprint density at radius 1 is 1.03 bits per heavy atom. The molecule has 4 rings (SSSR count). The van der Waals surface area contributed by atoms with Gasteiger partial charge in [-0.2, -0.15) is 13.2 Å². The first kappa shape index (κ1) is 21.2. The van der Waals surface area contributed by atoms with Gasteiger partial charge in [0.05, 0.1) is 17.1 Å². The molecule has 1 aliphatic rings. The third-order valence-corrected chi connectivity index (χ3v) is 5.96. The van der Waals surface area contributed by atoms with Crippen LogP contribution in [0.3, 0.4) is 0 Å². The molecule has 162 valence electrons. The predicted octanol–water partition coefficient (Wildman–Crippen LogP) is 4.04. The second-order valence-electron chi connectivity index (χ2n) is 6.93. The van der Waals surface area contributed by atoms with Crippen LogP contribution in [-0.4, -0.2) is 23.4 Å². The lowest BCUT2D eigenvalue weighted by atomic mass is 10.2. The van der Waals surface area contributed by atoms with Crippen molar-refractivity contribution in [2.75, 3.05) is 0 Å². The van der Waals surface area contributed by atoms with Crippen molar-refractivity contribution in [2.24, 2.45) is 0 Å². The Kier molecular flexibility index (Phi) is 5.63. The number of aromatic nitrogens is 3. The zero-order valence-corrected chi connectivity index (χ0v) is 16.8. The fraction of sp³-hybridized carbons (Fsp3) is 0.250. The van der Waals surface area contributed by atoms with E-state index in [0.717, 1.165) is 25.0 Å². The lowest BCUT2D eigenvalue weighted by Crippen LogP contribution is -2.24. The highest BCUT2D eigenvalue weighted by Crippen LogP contribution is 2.38. The number of sulfonamides is 1. The van der Waals surface area contributed by atoms with E-state index in [4.69, 9.17) is 4.74 Å². The second kappa shape index (κ2) is 8.23. The molecule has 31 heavy (non-hydrogen) atoms. The molecule has 0 unspecified atom stereocenters. The number of hydrogen-bond donors (Lipinski definition) is 1. The molecule has 3 aromatic rings. The average Bonchev–Trinajstić information content (AvgIpc) is 3.58. The minimum atomic E-state index is -4.63. The highest BCUT2D eigenvalue weighted by Gasteiger charge is 2.35. The van der Waals surface area contributed by atoms with E-state index >= 15 is 0 Å². The fourth-order valence-electron chi connectivity index (χ4n) is 2.79. The molecular weight excluding hydrogens is 433 g/mol. The van der Waals surface area contributed by atoms with Crippen molar-refractivity contribution < 1.29 is 26.3 Å². The van der Waals surface area contributed by atoms with Gasteiger partial charge in [0.1, 0.15) is 17.1 Å². The van der Waals surface area contributed by atoms with Gasteiger partial charge >= 0.3 is 6.18 Å². The highest BCUT2D eigenvalue weighted by atomic mass is 32.2.